The van der Waals surface area contributed by atoms with Crippen LogP contribution in [0.15, 0.2) is 23.2 Å². The Morgan fingerprint density at radius 3 is 3.00 bits per heavy atom. The molecular weight excluding hydrogens is 255 g/mol. The lowest BCUT2D eigenvalue weighted by Gasteiger charge is -2.18. The van der Waals surface area contributed by atoms with Crippen LogP contribution in [0.1, 0.15) is 24.8 Å². The minimum absolute atomic E-state index is 0. The summed E-state index contributed by atoms with van der Waals surface area (Å²) in [5.74, 6) is 1.28. The second-order valence-corrected chi connectivity index (χ2v) is 4.39. The first-order valence-electron chi connectivity index (χ1n) is 6.04. The molecule has 3 nitrogen and oxygen atoms in total. The third kappa shape index (κ3) is 1.94. The Morgan fingerprint density at radius 1 is 1.50 bits per heavy atom. The van der Waals surface area contributed by atoms with E-state index in [0.717, 1.165) is 25.3 Å². The monoisotopic (exact) mass is 270 g/mol. The van der Waals surface area contributed by atoms with E-state index in [1.807, 2.05) is 6.07 Å². The van der Waals surface area contributed by atoms with Crippen LogP contribution in [0.3, 0.4) is 0 Å². The van der Waals surface area contributed by atoms with E-state index in [1.165, 1.54) is 6.07 Å². The van der Waals surface area contributed by atoms with Crippen LogP contribution in [-0.2, 0) is 0 Å². The van der Waals surface area contributed by atoms with Gasteiger partial charge in [0.25, 0.3) is 0 Å². The van der Waals surface area contributed by atoms with E-state index in [1.54, 1.807) is 6.07 Å². The van der Waals surface area contributed by atoms with E-state index in [2.05, 4.69) is 17.2 Å². The fraction of sp³-hybridized carbons (Fsp3) is 0.462. The van der Waals surface area contributed by atoms with Crippen molar-refractivity contribution in [3.8, 4) is 5.75 Å². The minimum Gasteiger partial charge on any atom is -0.489 e. The van der Waals surface area contributed by atoms with Gasteiger partial charge in [-0.25, -0.2) is 4.39 Å². The van der Waals surface area contributed by atoms with Crippen molar-refractivity contribution in [3.63, 3.8) is 0 Å². The summed E-state index contributed by atoms with van der Waals surface area (Å²) < 4.78 is 19.7. The molecule has 0 aromatic heterocycles. The molecule has 1 N–H and O–H groups in total. The molecule has 2 aliphatic heterocycles. The zero-order valence-electron chi connectivity index (χ0n) is 10.1. The molecule has 1 aromatic rings. The van der Waals surface area contributed by atoms with E-state index in [9.17, 15) is 4.39 Å². The highest BCUT2D eigenvalue weighted by molar-refractivity contribution is 5.92. The average Bonchev–Trinajstić information content (AvgIpc) is 2.95. The molecule has 5 heteroatoms. The van der Waals surface area contributed by atoms with Crippen LogP contribution >= 0.6 is 12.4 Å². The largest absolute Gasteiger partial charge is 0.489 e. The highest BCUT2D eigenvalue weighted by atomic mass is 35.5. The predicted octanol–water partition coefficient (Wildman–Crippen LogP) is 2.50. The van der Waals surface area contributed by atoms with Gasteiger partial charge in [0.05, 0.1) is 12.5 Å². The van der Waals surface area contributed by atoms with Crippen LogP contribution in [0, 0.1) is 5.82 Å². The molecule has 0 spiro atoms. The van der Waals surface area contributed by atoms with Crippen LogP contribution in [0.4, 0.5) is 4.39 Å². The molecule has 0 saturated carbocycles. The smallest absolute Gasteiger partial charge is 0.130 e. The summed E-state index contributed by atoms with van der Waals surface area (Å²) in [5.41, 5.74) is 0.660. The number of rotatable bonds is 2. The molecule has 0 bridgehead atoms. The molecule has 2 atom stereocenters. The summed E-state index contributed by atoms with van der Waals surface area (Å²) in [4.78, 5) is 4.41. The Hall–Kier alpha value is -1.29. The van der Waals surface area contributed by atoms with Gasteiger partial charge in [0.2, 0.25) is 0 Å². The normalized spacial score (nSPS) is 24.7. The second kappa shape index (κ2) is 5.14. The first-order chi connectivity index (χ1) is 8.31. The summed E-state index contributed by atoms with van der Waals surface area (Å²) in [6.45, 7) is 3.66. The zero-order chi connectivity index (χ0) is 11.8. The maximum Gasteiger partial charge on any atom is 0.130 e. The number of nitrogens with one attached hydrogen (secondary N) is 1. The molecule has 0 aliphatic carbocycles. The van der Waals surface area contributed by atoms with Crippen molar-refractivity contribution in [2.75, 3.05) is 13.1 Å². The van der Waals surface area contributed by atoms with Gasteiger partial charge in [0.15, 0.2) is 0 Å². The highest BCUT2D eigenvalue weighted by Gasteiger charge is 2.39. The molecule has 0 radical (unpaired) electrons. The quantitative estimate of drug-likeness (QED) is 0.896. The van der Waals surface area contributed by atoms with Gasteiger partial charge in [0, 0.05) is 12.1 Å². The number of amidine groups is 1. The average molecular weight is 271 g/mol. The molecule has 3 rings (SSSR count). The molecule has 98 valence electrons. The molecule has 0 saturated heterocycles. The Bertz CT molecular complexity index is 478. The summed E-state index contributed by atoms with van der Waals surface area (Å²) in [6, 6.07) is 5.01. The minimum atomic E-state index is -0.195. The maximum atomic E-state index is 13.9. The molecule has 2 heterocycles. The fourth-order valence-corrected chi connectivity index (χ4v) is 2.60. The summed E-state index contributed by atoms with van der Waals surface area (Å²) in [7, 11) is 0. The number of hydrogen-bond donors (Lipinski definition) is 1. The topological polar surface area (TPSA) is 33.6 Å². The van der Waals surface area contributed by atoms with E-state index >= 15 is 0 Å². The predicted molar refractivity (Wildman–Crippen MR) is 71.4 cm³/mol. The molecule has 2 aliphatic rings. The Kier molecular flexibility index (Phi) is 3.76. The first kappa shape index (κ1) is 13.1. The second-order valence-electron chi connectivity index (χ2n) is 4.39. The molecule has 0 amide bonds. The Balaban J connectivity index is 0.00000120. The van der Waals surface area contributed by atoms with Crippen LogP contribution in [0.25, 0.3) is 0 Å². The molecule has 0 fully saturated rings. The van der Waals surface area contributed by atoms with Crippen LogP contribution in [-0.4, -0.2) is 25.0 Å². The van der Waals surface area contributed by atoms with Crippen molar-refractivity contribution in [3.05, 3.63) is 29.6 Å². The molecule has 1 aromatic carbocycles. The third-order valence-corrected chi connectivity index (χ3v) is 3.37. The number of aliphatic imine (C=N–C) groups is 1. The number of benzene rings is 1. The maximum absolute atomic E-state index is 13.9. The van der Waals surface area contributed by atoms with Gasteiger partial charge in [-0.1, -0.05) is 13.0 Å². The van der Waals surface area contributed by atoms with Gasteiger partial charge in [0.1, 0.15) is 23.5 Å². The fourth-order valence-electron chi connectivity index (χ4n) is 2.60. The van der Waals surface area contributed by atoms with Gasteiger partial charge >= 0.3 is 0 Å². The van der Waals surface area contributed by atoms with Crippen molar-refractivity contribution >= 4 is 18.2 Å². The van der Waals surface area contributed by atoms with E-state index in [0.29, 0.717) is 11.3 Å². The van der Waals surface area contributed by atoms with Crippen LogP contribution in [0.5, 0.6) is 5.75 Å². The van der Waals surface area contributed by atoms with E-state index in [-0.39, 0.29) is 30.2 Å². The SMILES string of the molecule is CCC1Oc2cccc(F)c2C1C1=NCCN1.Cl. The van der Waals surface area contributed by atoms with Crippen LogP contribution in [0.2, 0.25) is 0 Å². The number of hydrogen-bond acceptors (Lipinski definition) is 3. The number of ether oxygens (including phenoxy) is 1. The van der Waals surface area contributed by atoms with Gasteiger partial charge < -0.3 is 10.1 Å². The van der Waals surface area contributed by atoms with E-state index in [4.69, 9.17) is 4.74 Å². The van der Waals surface area contributed by atoms with Gasteiger partial charge in [-0.3, -0.25) is 4.99 Å². The number of nitrogens with zero attached hydrogens (tertiary/aromatic N) is 1. The Morgan fingerprint density at radius 2 is 2.33 bits per heavy atom. The third-order valence-electron chi connectivity index (χ3n) is 3.37. The standard InChI is InChI=1S/C13H15FN2O.ClH/c1-2-9-12(13-15-6-7-16-13)11-8(14)4-3-5-10(11)17-9;/h3-5,9,12H,2,6-7H2,1H3,(H,15,16);1H. The van der Waals surface area contributed by atoms with E-state index < -0.39 is 0 Å². The van der Waals surface area contributed by atoms with Gasteiger partial charge in [-0.2, -0.15) is 0 Å². The molecule has 18 heavy (non-hydrogen) atoms. The van der Waals surface area contributed by atoms with Crippen LogP contribution < -0.4 is 10.1 Å². The lowest BCUT2D eigenvalue weighted by molar-refractivity contribution is 0.219. The summed E-state index contributed by atoms with van der Waals surface area (Å²) >= 11 is 0. The van der Waals surface area contributed by atoms with Gasteiger partial charge in [-0.15, -0.1) is 12.4 Å². The van der Waals surface area contributed by atoms with Gasteiger partial charge in [-0.05, 0) is 18.6 Å². The lowest BCUT2D eigenvalue weighted by Crippen LogP contribution is -2.32. The van der Waals surface area contributed by atoms with Crippen molar-refractivity contribution in [2.24, 2.45) is 4.99 Å². The molecular formula is C13H16ClFN2O. The van der Waals surface area contributed by atoms with Crippen molar-refractivity contribution < 1.29 is 9.13 Å². The molecule has 2 unspecified atom stereocenters. The number of fused-ring (bicyclic) bond motifs is 1. The van der Waals surface area contributed by atoms with Crippen molar-refractivity contribution in [2.45, 2.75) is 25.4 Å². The van der Waals surface area contributed by atoms with Crippen molar-refractivity contribution in [1.82, 2.24) is 5.32 Å². The lowest BCUT2D eigenvalue weighted by atomic mass is 9.92. The zero-order valence-corrected chi connectivity index (χ0v) is 11.0. The summed E-state index contributed by atoms with van der Waals surface area (Å²) in [5, 5.41) is 3.23. The highest BCUT2D eigenvalue weighted by Crippen LogP contribution is 2.41. The Labute approximate surface area is 112 Å². The summed E-state index contributed by atoms with van der Waals surface area (Å²) in [6.07, 6.45) is 0.839. The first-order valence-corrected chi connectivity index (χ1v) is 6.04. The number of halogens is 2. The van der Waals surface area contributed by atoms with Crippen molar-refractivity contribution in [1.29, 1.82) is 0 Å².